The zero-order chi connectivity index (χ0) is 13.9. The summed E-state index contributed by atoms with van der Waals surface area (Å²) in [5, 5.41) is 19.5. The Balaban J connectivity index is 3.63. The second-order valence-electron chi connectivity index (χ2n) is 3.18. The fourth-order valence-electron chi connectivity index (χ4n) is 1.40. The van der Waals surface area contributed by atoms with Gasteiger partial charge in [0.25, 0.3) is 0 Å². The van der Waals surface area contributed by atoms with E-state index in [2.05, 4.69) is 9.47 Å². The van der Waals surface area contributed by atoms with E-state index in [0.29, 0.717) is 0 Å². The summed E-state index contributed by atoms with van der Waals surface area (Å²) in [6.45, 7) is 0. The Morgan fingerprint density at radius 3 is 1.94 bits per heavy atom. The molecule has 0 spiro atoms. The van der Waals surface area contributed by atoms with Crippen LogP contribution >= 0.6 is 0 Å². The molecule has 0 unspecified atom stereocenters. The first-order chi connectivity index (χ1) is 8.47. The average molecular weight is 256 g/mol. The summed E-state index contributed by atoms with van der Waals surface area (Å²) in [6.07, 6.45) is 0. The summed E-state index contributed by atoms with van der Waals surface area (Å²) < 4.78 is 13.6. The predicted octanol–water partition coefficient (Wildman–Crippen LogP) is 0.680. The molecular weight excluding hydrogens is 244 g/mol. The number of rotatable bonds is 3. The molecule has 0 aliphatic rings. The maximum absolute atomic E-state index is 11.5. The lowest BCUT2D eigenvalue weighted by atomic mass is 10.0. The van der Waals surface area contributed by atoms with Crippen molar-refractivity contribution >= 4 is 11.9 Å². The van der Waals surface area contributed by atoms with Gasteiger partial charge in [-0.2, -0.15) is 0 Å². The van der Waals surface area contributed by atoms with Crippen LogP contribution in [0.5, 0.6) is 17.2 Å². The number of methoxy groups -OCH3 is 3. The van der Waals surface area contributed by atoms with Gasteiger partial charge in [-0.05, 0) is 0 Å². The Kier molecular flexibility index (Phi) is 3.98. The minimum absolute atomic E-state index is 0.166. The minimum atomic E-state index is -0.998. The van der Waals surface area contributed by atoms with Crippen molar-refractivity contribution in [3.05, 3.63) is 17.2 Å². The van der Waals surface area contributed by atoms with Gasteiger partial charge in [0.15, 0.2) is 11.5 Å². The SMILES string of the molecule is COC(=O)c1c(O)cc(OC)c(O)c1C(=O)OC. The van der Waals surface area contributed by atoms with Crippen LogP contribution in [0, 0.1) is 0 Å². The number of phenols is 2. The number of carbonyl (C=O) groups excluding carboxylic acids is 2. The lowest BCUT2D eigenvalue weighted by Gasteiger charge is -2.13. The highest BCUT2D eigenvalue weighted by atomic mass is 16.5. The Labute approximate surface area is 103 Å². The lowest BCUT2D eigenvalue weighted by molar-refractivity contribution is 0.0548. The van der Waals surface area contributed by atoms with E-state index >= 15 is 0 Å². The number of ether oxygens (including phenoxy) is 3. The molecule has 0 atom stereocenters. The van der Waals surface area contributed by atoms with Gasteiger partial charge in [0.05, 0.1) is 21.3 Å². The zero-order valence-electron chi connectivity index (χ0n) is 10.0. The molecule has 0 saturated heterocycles. The van der Waals surface area contributed by atoms with E-state index in [1.54, 1.807) is 0 Å². The third kappa shape index (κ3) is 2.15. The molecule has 0 saturated carbocycles. The molecule has 98 valence electrons. The van der Waals surface area contributed by atoms with Crippen LogP contribution in [0.25, 0.3) is 0 Å². The van der Waals surface area contributed by atoms with Crippen LogP contribution in [0.4, 0.5) is 0 Å². The van der Waals surface area contributed by atoms with Gasteiger partial charge in [-0.25, -0.2) is 9.59 Å². The van der Waals surface area contributed by atoms with Gasteiger partial charge >= 0.3 is 11.9 Å². The monoisotopic (exact) mass is 256 g/mol. The predicted molar refractivity (Wildman–Crippen MR) is 59.0 cm³/mol. The Morgan fingerprint density at radius 2 is 1.50 bits per heavy atom. The van der Waals surface area contributed by atoms with Gasteiger partial charge in [0.2, 0.25) is 0 Å². The largest absolute Gasteiger partial charge is 0.507 e. The highest BCUT2D eigenvalue weighted by Gasteiger charge is 2.29. The average Bonchev–Trinajstić information content (AvgIpc) is 2.38. The topological polar surface area (TPSA) is 102 Å². The van der Waals surface area contributed by atoms with Crippen LogP contribution in [0.15, 0.2) is 6.07 Å². The van der Waals surface area contributed by atoms with E-state index in [0.717, 1.165) is 20.3 Å². The Morgan fingerprint density at radius 1 is 1.00 bits per heavy atom. The summed E-state index contributed by atoms with van der Waals surface area (Å²) in [4.78, 5) is 23.0. The van der Waals surface area contributed by atoms with E-state index in [1.807, 2.05) is 0 Å². The molecular formula is C11H12O7. The Hall–Kier alpha value is -2.44. The van der Waals surface area contributed by atoms with Gasteiger partial charge in [-0.3, -0.25) is 0 Å². The molecule has 0 amide bonds. The fraction of sp³-hybridized carbons (Fsp3) is 0.273. The molecule has 1 aromatic carbocycles. The smallest absolute Gasteiger partial charge is 0.342 e. The van der Waals surface area contributed by atoms with Crippen LogP contribution in [-0.4, -0.2) is 43.5 Å². The first-order valence-corrected chi connectivity index (χ1v) is 4.77. The Bertz CT molecular complexity index is 493. The quantitative estimate of drug-likeness (QED) is 0.605. The van der Waals surface area contributed by atoms with Crippen LogP contribution in [0.1, 0.15) is 20.7 Å². The minimum Gasteiger partial charge on any atom is -0.507 e. The number of benzene rings is 1. The molecule has 7 heteroatoms. The van der Waals surface area contributed by atoms with E-state index in [1.165, 1.54) is 7.11 Å². The standard InChI is InChI=1S/C11H12O7/c1-16-6-4-5(12)7(10(14)17-2)8(9(6)13)11(15)18-3/h4,12-13H,1-3H3. The summed E-state index contributed by atoms with van der Waals surface area (Å²) >= 11 is 0. The molecule has 0 aliphatic carbocycles. The van der Waals surface area contributed by atoms with Crippen molar-refractivity contribution < 1.29 is 34.0 Å². The van der Waals surface area contributed by atoms with Gasteiger partial charge in [-0.15, -0.1) is 0 Å². The van der Waals surface area contributed by atoms with Gasteiger partial charge in [0.1, 0.15) is 16.9 Å². The zero-order valence-corrected chi connectivity index (χ0v) is 10.0. The van der Waals surface area contributed by atoms with Crippen molar-refractivity contribution in [2.45, 2.75) is 0 Å². The number of phenolic OH excluding ortho intramolecular Hbond substituents is 2. The second-order valence-corrected chi connectivity index (χ2v) is 3.18. The number of hydrogen-bond donors (Lipinski definition) is 2. The summed E-state index contributed by atoms with van der Waals surface area (Å²) in [6, 6.07) is 0.994. The normalized spacial score (nSPS) is 9.72. The van der Waals surface area contributed by atoms with Crippen LogP contribution < -0.4 is 4.74 Å². The van der Waals surface area contributed by atoms with Crippen molar-refractivity contribution in [1.82, 2.24) is 0 Å². The summed E-state index contributed by atoms with van der Waals surface area (Å²) in [5.74, 6) is -3.31. The molecule has 0 aromatic heterocycles. The second kappa shape index (κ2) is 5.26. The summed E-state index contributed by atoms with van der Waals surface area (Å²) in [7, 11) is 3.37. The lowest BCUT2D eigenvalue weighted by Crippen LogP contribution is -2.13. The third-order valence-corrected chi connectivity index (χ3v) is 2.24. The van der Waals surface area contributed by atoms with Crippen molar-refractivity contribution in [2.24, 2.45) is 0 Å². The van der Waals surface area contributed by atoms with Crippen LogP contribution in [0.2, 0.25) is 0 Å². The maximum Gasteiger partial charge on any atom is 0.342 e. The van der Waals surface area contributed by atoms with Crippen molar-refractivity contribution in [3.8, 4) is 17.2 Å². The first-order valence-electron chi connectivity index (χ1n) is 4.77. The number of esters is 2. The molecule has 0 heterocycles. The van der Waals surface area contributed by atoms with Crippen LogP contribution in [0.3, 0.4) is 0 Å². The van der Waals surface area contributed by atoms with Crippen molar-refractivity contribution in [2.75, 3.05) is 21.3 Å². The van der Waals surface area contributed by atoms with Crippen molar-refractivity contribution in [3.63, 3.8) is 0 Å². The molecule has 1 aromatic rings. The highest BCUT2D eigenvalue weighted by molar-refractivity contribution is 6.07. The molecule has 0 bridgehead atoms. The molecule has 2 N–H and O–H groups in total. The van der Waals surface area contributed by atoms with E-state index in [4.69, 9.17) is 4.74 Å². The van der Waals surface area contributed by atoms with E-state index in [9.17, 15) is 19.8 Å². The van der Waals surface area contributed by atoms with Gasteiger partial charge in [-0.1, -0.05) is 0 Å². The van der Waals surface area contributed by atoms with E-state index in [-0.39, 0.29) is 5.75 Å². The van der Waals surface area contributed by atoms with E-state index < -0.39 is 34.6 Å². The molecule has 0 fully saturated rings. The molecule has 7 nitrogen and oxygen atoms in total. The molecule has 0 aliphatic heterocycles. The first kappa shape index (κ1) is 13.6. The fourth-order valence-corrected chi connectivity index (χ4v) is 1.40. The maximum atomic E-state index is 11.5. The third-order valence-electron chi connectivity index (χ3n) is 2.24. The van der Waals surface area contributed by atoms with Gasteiger partial charge in [0, 0.05) is 6.07 Å². The molecule has 1 rings (SSSR count). The summed E-state index contributed by atoms with van der Waals surface area (Å²) in [5.41, 5.74) is -0.996. The number of aromatic hydroxyl groups is 2. The van der Waals surface area contributed by atoms with Gasteiger partial charge < -0.3 is 24.4 Å². The van der Waals surface area contributed by atoms with Crippen molar-refractivity contribution in [1.29, 1.82) is 0 Å². The van der Waals surface area contributed by atoms with Crippen LogP contribution in [-0.2, 0) is 9.47 Å². The number of carbonyl (C=O) groups is 2. The molecule has 0 radical (unpaired) electrons. The highest BCUT2D eigenvalue weighted by Crippen LogP contribution is 2.38. The number of hydrogen-bond acceptors (Lipinski definition) is 7. The molecule has 18 heavy (non-hydrogen) atoms.